The molecule has 1 heterocycles. The first-order chi connectivity index (χ1) is 9.58. The highest BCUT2D eigenvalue weighted by Crippen LogP contribution is 2.14. The van der Waals surface area contributed by atoms with Crippen LogP contribution in [0.3, 0.4) is 0 Å². The second-order valence-electron chi connectivity index (χ2n) is 4.19. The summed E-state index contributed by atoms with van der Waals surface area (Å²) in [4.78, 5) is 16.3. The van der Waals surface area contributed by atoms with Crippen molar-refractivity contribution < 1.29 is 4.79 Å². The average molecular weight is 286 g/mol. The predicted octanol–water partition coefficient (Wildman–Crippen LogP) is 1.72. The number of benzene rings is 1. The van der Waals surface area contributed by atoms with Gasteiger partial charge in [-0.15, -0.1) is 0 Å². The van der Waals surface area contributed by atoms with Gasteiger partial charge in [0.25, 0.3) is 5.91 Å². The molecule has 0 fully saturated rings. The Balaban J connectivity index is 2.23. The van der Waals surface area contributed by atoms with E-state index in [1.165, 1.54) is 0 Å². The van der Waals surface area contributed by atoms with Crippen molar-refractivity contribution >= 4 is 22.6 Å². The Morgan fingerprint density at radius 1 is 1.40 bits per heavy atom. The molecule has 1 amide bonds. The summed E-state index contributed by atoms with van der Waals surface area (Å²) in [5.74, 6) is 6.13. The van der Waals surface area contributed by atoms with Crippen molar-refractivity contribution in [1.82, 2.24) is 9.36 Å². The van der Waals surface area contributed by atoms with Crippen molar-refractivity contribution in [3.8, 4) is 11.8 Å². The number of carbonyl (C=O) groups is 1. The molecule has 20 heavy (non-hydrogen) atoms. The summed E-state index contributed by atoms with van der Waals surface area (Å²) in [6.45, 7) is 3.98. The number of nitrogens with one attached hydrogen (secondary N) is 1. The number of aryl methyl sites for hydroxylation is 2. The van der Waals surface area contributed by atoms with Crippen LogP contribution in [0.2, 0.25) is 0 Å². The SMILES string of the molecule is Cc1cc(C#CCN)cc(C(=O)Nc2nc(C)ns2)c1. The Morgan fingerprint density at radius 2 is 2.20 bits per heavy atom. The molecule has 1 aromatic carbocycles. The number of anilines is 1. The third-order valence-electron chi connectivity index (χ3n) is 2.42. The molecule has 2 aromatic rings. The van der Waals surface area contributed by atoms with Crippen LogP contribution in [0.25, 0.3) is 0 Å². The van der Waals surface area contributed by atoms with Gasteiger partial charge < -0.3 is 5.73 Å². The molecular formula is C14H14N4OS. The lowest BCUT2D eigenvalue weighted by Gasteiger charge is -2.04. The molecule has 102 valence electrons. The minimum Gasteiger partial charge on any atom is -0.320 e. The number of nitrogens with two attached hydrogens (primary N) is 1. The van der Waals surface area contributed by atoms with E-state index in [4.69, 9.17) is 5.73 Å². The smallest absolute Gasteiger partial charge is 0.257 e. The minimum atomic E-state index is -0.222. The van der Waals surface area contributed by atoms with E-state index in [9.17, 15) is 4.79 Å². The number of amides is 1. The Morgan fingerprint density at radius 3 is 2.85 bits per heavy atom. The zero-order valence-electron chi connectivity index (χ0n) is 11.2. The highest BCUT2D eigenvalue weighted by Gasteiger charge is 2.10. The Hall–Kier alpha value is -2.23. The molecule has 5 nitrogen and oxygen atoms in total. The summed E-state index contributed by atoms with van der Waals surface area (Å²) in [6.07, 6.45) is 0. The van der Waals surface area contributed by atoms with Crippen LogP contribution in [-0.4, -0.2) is 21.8 Å². The molecule has 0 aliphatic rings. The summed E-state index contributed by atoms with van der Waals surface area (Å²) in [7, 11) is 0. The zero-order valence-corrected chi connectivity index (χ0v) is 12.0. The highest BCUT2D eigenvalue weighted by molar-refractivity contribution is 7.09. The van der Waals surface area contributed by atoms with Gasteiger partial charge in [-0.3, -0.25) is 10.1 Å². The van der Waals surface area contributed by atoms with E-state index in [1.807, 2.05) is 13.0 Å². The van der Waals surface area contributed by atoms with Gasteiger partial charge in [0.1, 0.15) is 5.82 Å². The average Bonchev–Trinajstić information content (AvgIpc) is 2.81. The number of hydrogen-bond donors (Lipinski definition) is 2. The van der Waals surface area contributed by atoms with Gasteiger partial charge in [-0.25, -0.2) is 4.98 Å². The number of rotatable bonds is 2. The maximum atomic E-state index is 12.2. The van der Waals surface area contributed by atoms with Crippen LogP contribution in [-0.2, 0) is 0 Å². The summed E-state index contributed by atoms with van der Waals surface area (Å²) in [5.41, 5.74) is 7.63. The van der Waals surface area contributed by atoms with E-state index in [-0.39, 0.29) is 5.91 Å². The molecule has 6 heteroatoms. The molecular weight excluding hydrogens is 272 g/mol. The summed E-state index contributed by atoms with van der Waals surface area (Å²) < 4.78 is 4.02. The molecule has 0 spiro atoms. The lowest BCUT2D eigenvalue weighted by Crippen LogP contribution is -2.12. The standard InChI is InChI=1S/C14H14N4OS/c1-9-6-11(4-3-5-15)8-12(7-9)13(19)17-14-16-10(2)18-20-14/h6-8H,5,15H2,1-2H3,(H,16,17,18,19). The van der Waals surface area contributed by atoms with Crippen molar-refractivity contribution in [1.29, 1.82) is 0 Å². The van der Waals surface area contributed by atoms with Gasteiger partial charge in [-0.1, -0.05) is 11.8 Å². The second kappa shape index (κ2) is 6.28. The maximum Gasteiger partial charge on any atom is 0.257 e. The van der Waals surface area contributed by atoms with E-state index >= 15 is 0 Å². The van der Waals surface area contributed by atoms with Crippen LogP contribution in [0, 0.1) is 25.7 Å². The van der Waals surface area contributed by atoms with Crippen molar-refractivity contribution in [3.05, 3.63) is 40.7 Å². The third kappa shape index (κ3) is 3.63. The van der Waals surface area contributed by atoms with Crippen molar-refractivity contribution in [2.45, 2.75) is 13.8 Å². The van der Waals surface area contributed by atoms with Gasteiger partial charge in [-0.05, 0) is 37.6 Å². The molecule has 0 radical (unpaired) electrons. The fourth-order valence-corrected chi connectivity index (χ4v) is 2.23. The fourth-order valence-electron chi connectivity index (χ4n) is 1.66. The van der Waals surface area contributed by atoms with Crippen molar-refractivity contribution in [2.24, 2.45) is 5.73 Å². The van der Waals surface area contributed by atoms with Crippen molar-refractivity contribution in [2.75, 3.05) is 11.9 Å². The second-order valence-corrected chi connectivity index (χ2v) is 4.95. The Bertz CT molecular complexity index is 697. The monoisotopic (exact) mass is 286 g/mol. The topological polar surface area (TPSA) is 80.9 Å². The molecule has 0 saturated heterocycles. The number of nitrogens with zero attached hydrogens (tertiary/aromatic N) is 2. The van der Waals surface area contributed by atoms with Gasteiger partial charge >= 0.3 is 0 Å². The maximum absolute atomic E-state index is 12.2. The van der Waals surface area contributed by atoms with E-state index in [0.29, 0.717) is 23.1 Å². The Kier molecular flexibility index (Phi) is 4.45. The van der Waals surface area contributed by atoms with E-state index in [2.05, 4.69) is 26.5 Å². The van der Waals surface area contributed by atoms with Gasteiger partial charge in [0.05, 0.1) is 6.54 Å². The molecule has 0 unspecified atom stereocenters. The third-order valence-corrected chi connectivity index (χ3v) is 3.14. The van der Waals surface area contributed by atoms with E-state index < -0.39 is 0 Å². The summed E-state index contributed by atoms with van der Waals surface area (Å²) in [5, 5.41) is 3.21. The lowest BCUT2D eigenvalue weighted by atomic mass is 10.1. The van der Waals surface area contributed by atoms with Gasteiger partial charge in [0.2, 0.25) is 5.13 Å². The van der Waals surface area contributed by atoms with Gasteiger partial charge in [0, 0.05) is 22.7 Å². The molecule has 0 saturated carbocycles. The van der Waals surface area contributed by atoms with E-state index in [1.54, 1.807) is 19.1 Å². The molecule has 2 rings (SSSR count). The lowest BCUT2D eigenvalue weighted by molar-refractivity contribution is 0.102. The fraction of sp³-hybridized carbons (Fsp3) is 0.214. The summed E-state index contributed by atoms with van der Waals surface area (Å²) in [6, 6.07) is 5.45. The van der Waals surface area contributed by atoms with Crippen LogP contribution < -0.4 is 11.1 Å². The predicted molar refractivity (Wildman–Crippen MR) is 79.7 cm³/mol. The minimum absolute atomic E-state index is 0.222. The zero-order chi connectivity index (χ0) is 14.5. The molecule has 0 atom stereocenters. The van der Waals surface area contributed by atoms with Gasteiger partial charge in [0.15, 0.2) is 0 Å². The first-order valence-corrected chi connectivity index (χ1v) is 6.78. The number of hydrogen-bond acceptors (Lipinski definition) is 5. The highest BCUT2D eigenvalue weighted by atomic mass is 32.1. The van der Waals surface area contributed by atoms with Crippen LogP contribution >= 0.6 is 11.5 Å². The normalized spacial score (nSPS) is 9.75. The number of carbonyl (C=O) groups excluding carboxylic acids is 1. The van der Waals surface area contributed by atoms with Crippen LogP contribution in [0.1, 0.15) is 27.3 Å². The van der Waals surface area contributed by atoms with Crippen LogP contribution in [0.4, 0.5) is 5.13 Å². The molecule has 3 N–H and O–H groups in total. The first kappa shape index (κ1) is 14.2. The van der Waals surface area contributed by atoms with Crippen molar-refractivity contribution in [3.63, 3.8) is 0 Å². The van der Waals surface area contributed by atoms with Gasteiger partial charge in [-0.2, -0.15) is 4.37 Å². The molecule has 0 bridgehead atoms. The van der Waals surface area contributed by atoms with E-state index in [0.717, 1.165) is 22.7 Å². The molecule has 0 aliphatic carbocycles. The Labute approximate surface area is 121 Å². The number of aromatic nitrogens is 2. The molecule has 0 aliphatic heterocycles. The largest absolute Gasteiger partial charge is 0.320 e. The quantitative estimate of drug-likeness (QED) is 0.824. The van der Waals surface area contributed by atoms with Crippen LogP contribution in [0.5, 0.6) is 0 Å². The molecule has 1 aromatic heterocycles. The van der Waals surface area contributed by atoms with Crippen LogP contribution in [0.15, 0.2) is 18.2 Å². The first-order valence-electron chi connectivity index (χ1n) is 6.01. The summed E-state index contributed by atoms with van der Waals surface area (Å²) >= 11 is 1.16.